The van der Waals surface area contributed by atoms with Crippen molar-refractivity contribution in [1.82, 2.24) is 9.55 Å². The fraction of sp³-hybridized carbons (Fsp3) is 0.667. The molecule has 0 spiro atoms. The third-order valence-corrected chi connectivity index (χ3v) is 3.39. The monoisotopic (exact) mass is 237 g/mol. The Balaban J connectivity index is 2.42. The van der Waals surface area contributed by atoms with Crippen LogP contribution < -0.4 is 5.73 Å². The predicted octanol–water partition coefficient (Wildman–Crippen LogP) is 1.37. The lowest BCUT2D eigenvalue weighted by atomic mass is 10.1. The van der Waals surface area contributed by atoms with Crippen molar-refractivity contribution in [3.63, 3.8) is 0 Å². The largest absolute Gasteiger partial charge is 0.476 e. The Morgan fingerprint density at radius 3 is 3.00 bits per heavy atom. The van der Waals surface area contributed by atoms with E-state index in [0.29, 0.717) is 6.54 Å². The first kappa shape index (κ1) is 12.1. The summed E-state index contributed by atoms with van der Waals surface area (Å²) in [5, 5.41) is 9.17. The maximum atomic E-state index is 11.2. The molecule has 1 aliphatic heterocycles. The van der Waals surface area contributed by atoms with Crippen LogP contribution in [0.1, 0.15) is 54.1 Å². The summed E-state index contributed by atoms with van der Waals surface area (Å²) >= 11 is 0. The van der Waals surface area contributed by atoms with E-state index >= 15 is 0 Å². The van der Waals surface area contributed by atoms with Gasteiger partial charge in [-0.15, -0.1) is 0 Å². The van der Waals surface area contributed by atoms with E-state index in [0.717, 1.165) is 43.7 Å². The summed E-state index contributed by atoms with van der Waals surface area (Å²) in [4.78, 5) is 15.5. The second-order valence-electron chi connectivity index (χ2n) is 4.66. The van der Waals surface area contributed by atoms with Gasteiger partial charge in [-0.25, -0.2) is 9.78 Å². The zero-order valence-electron chi connectivity index (χ0n) is 10.1. The first-order valence-corrected chi connectivity index (χ1v) is 6.17. The lowest BCUT2D eigenvalue weighted by molar-refractivity contribution is 0.0689. The van der Waals surface area contributed by atoms with Crippen molar-refractivity contribution in [3.05, 3.63) is 17.2 Å². The number of carboxylic acid groups (broad SMARTS) is 1. The van der Waals surface area contributed by atoms with Crippen molar-refractivity contribution in [2.75, 3.05) is 6.54 Å². The molecule has 1 aromatic rings. The molecule has 2 heterocycles. The first-order valence-electron chi connectivity index (χ1n) is 6.17. The lowest BCUT2D eigenvalue weighted by Gasteiger charge is -2.19. The maximum Gasteiger partial charge on any atom is 0.356 e. The standard InChI is InChI=1S/C12H19N3O2/c1-8(5-6-13)11-14-10(12(16)17)9-4-2-3-7-15(9)11/h8H,2-7,13H2,1H3,(H,16,17). The van der Waals surface area contributed by atoms with Crippen molar-refractivity contribution in [2.24, 2.45) is 5.73 Å². The van der Waals surface area contributed by atoms with E-state index in [-0.39, 0.29) is 11.6 Å². The fourth-order valence-corrected chi connectivity index (χ4v) is 2.50. The molecule has 0 radical (unpaired) electrons. The highest BCUT2D eigenvalue weighted by Gasteiger charge is 2.25. The predicted molar refractivity (Wildman–Crippen MR) is 64.2 cm³/mol. The Bertz CT molecular complexity index is 426. The van der Waals surface area contributed by atoms with Gasteiger partial charge < -0.3 is 15.4 Å². The van der Waals surface area contributed by atoms with Crippen LogP contribution in [-0.2, 0) is 13.0 Å². The zero-order valence-corrected chi connectivity index (χ0v) is 10.1. The Morgan fingerprint density at radius 1 is 1.59 bits per heavy atom. The number of fused-ring (bicyclic) bond motifs is 1. The van der Waals surface area contributed by atoms with Crippen molar-refractivity contribution in [1.29, 1.82) is 0 Å². The number of hydrogen-bond donors (Lipinski definition) is 2. The molecule has 5 heteroatoms. The van der Waals surface area contributed by atoms with E-state index in [1.165, 1.54) is 0 Å². The van der Waals surface area contributed by atoms with Crippen LogP contribution >= 0.6 is 0 Å². The molecule has 0 amide bonds. The van der Waals surface area contributed by atoms with E-state index in [9.17, 15) is 4.79 Å². The number of nitrogens with zero attached hydrogens (tertiary/aromatic N) is 2. The average molecular weight is 237 g/mol. The van der Waals surface area contributed by atoms with Gasteiger partial charge in [0.1, 0.15) is 5.82 Å². The molecule has 2 rings (SSSR count). The lowest BCUT2D eigenvalue weighted by Crippen LogP contribution is -2.16. The van der Waals surface area contributed by atoms with Crippen LogP contribution in [0.15, 0.2) is 0 Å². The Kier molecular flexibility index (Phi) is 3.47. The molecule has 5 nitrogen and oxygen atoms in total. The molecule has 0 aromatic carbocycles. The van der Waals surface area contributed by atoms with Gasteiger partial charge in [0.05, 0.1) is 5.69 Å². The number of imidazole rings is 1. The molecular formula is C12H19N3O2. The van der Waals surface area contributed by atoms with Gasteiger partial charge in [-0.2, -0.15) is 0 Å². The molecule has 17 heavy (non-hydrogen) atoms. The number of nitrogens with two attached hydrogens (primary N) is 1. The summed E-state index contributed by atoms with van der Waals surface area (Å²) in [6, 6.07) is 0. The zero-order chi connectivity index (χ0) is 12.4. The van der Waals surface area contributed by atoms with Gasteiger partial charge in [-0.3, -0.25) is 0 Å². The van der Waals surface area contributed by atoms with Crippen LogP contribution in [0.5, 0.6) is 0 Å². The van der Waals surface area contributed by atoms with Crippen LogP contribution in [-0.4, -0.2) is 27.2 Å². The summed E-state index contributed by atoms with van der Waals surface area (Å²) < 4.78 is 2.09. The van der Waals surface area contributed by atoms with Gasteiger partial charge in [-0.1, -0.05) is 6.92 Å². The number of aromatic nitrogens is 2. The van der Waals surface area contributed by atoms with Crippen molar-refractivity contribution < 1.29 is 9.90 Å². The molecule has 0 aliphatic carbocycles. The SMILES string of the molecule is CC(CCN)c1nc(C(=O)O)c2n1CCCC2. The van der Waals surface area contributed by atoms with E-state index < -0.39 is 5.97 Å². The summed E-state index contributed by atoms with van der Waals surface area (Å²) in [5.74, 6) is 0.203. The minimum absolute atomic E-state index is 0.227. The van der Waals surface area contributed by atoms with Gasteiger partial charge >= 0.3 is 5.97 Å². The number of hydrogen-bond acceptors (Lipinski definition) is 3. The number of aromatic carboxylic acids is 1. The van der Waals surface area contributed by atoms with Crippen LogP contribution in [0.2, 0.25) is 0 Å². The molecule has 0 bridgehead atoms. The van der Waals surface area contributed by atoms with Crippen LogP contribution in [0.3, 0.4) is 0 Å². The summed E-state index contributed by atoms with van der Waals surface area (Å²) in [6.45, 7) is 3.55. The molecule has 0 saturated heterocycles. The van der Waals surface area contributed by atoms with Gasteiger partial charge in [0.2, 0.25) is 0 Å². The summed E-state index contributed by atoms with van der Waals surface area (Å²) in [7, 11) is 0. The van der Waals surface area contributed by atoms with Gasteiger partial charge in [-0.05, 0) is 32.2 Å². The van der Waals surface area contributed by atoms with Crippen molar-refractivity contribution in [2.45, 2.75) is 45.1 Å². The first-order chi connectivity index (χ1) is 8.15. The van der Waals surface area contributed by atoms with Gasteiger partial charge in [0, 0.05) is 12.5 Å². The second kappa shape index (κ2) is 4.87. The normalized spacial score (nSPS) is 16.6. The molecule has 3 N–H and O–H groups in total. The minimum atomic E-state index is -0.915. The summed E-state index contributed by atoms with van der Waals surface area (Å²) in [5.41, 5.74) is 6.69. The Hall–Kier alpha value is -1.36. The number of rotatable bonds is 4. The molecule has 0 fully saturated rings. The third kappa shape index (κ3) is 2.20. The van der Waals surface area contributed by atoms with E-state index in [1.54, 1.807) is 0 Å². The fourth-order valence-electron chi connectivity index (χ4n) is 2.50. The molecule has 0 saturated carbocycles. The maximum absolute atomic E-state index is 11.2. The quantitative estimate of drug-likeness (QED) is 0.828. The molecule has 1 aliphatic rings. The van der Waals surface area contributed by atoms with Crippen LogP contribution in [0.4, 0.5) is 0 Å². The highest BCUT2D eigenvalue weighted by atomic mass is 16.4. The molecule has 1 aromatic heterocycles. The van der Waals surface area contributed by atoms with Gasteiger partial charge in [0.15, 0.2) is 5.69 Å². The molecule has 1 atom stereocenters. The highest BCUT2D eigenvalue weighted by molar-refractivity contribution is 5.87. The minimum Gasteiger partial charge on any atom is -0.476 e. The van der Waals surface area contributed by atoms with Gasteiger partial charge in [0.25, 0.3) is 0 Å². The smallest absolute Gasteiger partial charge is 0.356 e. The van der Waals surface area contributed by atoms with Crippen molar-refractivity contribution >= 4 is 5.97 Å². The topological polar surface area (TPSA) is 81.1 Å². The van der Waals surface area contributed by atoms with Crippen molar-refractivity contribution in [3.8, 4) is 0 Å². The third-order valence-electron chi connectivity index (χ3n) is 3.39. The Labute approximate surface area is 101 Å². The van der Waals surface area contributed by atoms with E-state index in [2.05, 4.69) is 16.5 Å². The molecule has 94 valence electrons. The molecular weight excluding hydrogens is 218 g/mol. The number of carbonyl (C=O) groups is 1. The number of carboxylic acids is 1. The van der Waals surface area contributed by atoms with E-state index in [1.807, 2.05) is 0 Å². The van der Waals surface area contributed by atoms with E-state index in [4.69, 9.17) is 10.8 Å². The van der Waals surface area contributed by atoms with Crippen LogP contribution in [0, 0.1) is 0 Å². The highest BCUT2D eigenvalue weighted by Crippen LogP contribution is 2.26. The Morgan fingerprint density at radius 2 is 2.35 bits per heavy atom. The molecule has 1 unspecified atom stereocenters. The average Bonchev–Trinajstić information content (AvgIpc) is 2.69. The van der Waals surface area contributed by atoms with Crippen LogP contribution in [0.25, 0.3) is 0 Å². The summed E-state index contributed by atoms with van der Waals surface area (Å²) in [6.07, 6.45) is 3.82. The second-order valence-corrected chi connectivity index (χ2v) is 4.66.